The van der Waals surface area contributed by atoms with Crippen molar-refractivity contribution in [3.8, 4) is 0 Å². The first-order chi connectivity index (χ1) is 14.2. The van der Waals surface area contributed by atoms with Crippen LogP contribution < -0.4 is 0 Å². The molecule has 0 saturated carbocycles. The highest BCUT2D eigenvalue weighted by atomic mass is 16.6. The van der Waals surface area contributed by atoms with E-state index in [1.807, 2.05) is 0 Å². The van der Waals surface area contributed by atoms with Gasteiger partial charge in [0.25, 0.3) is 0 Å². The quantitative estimate of drug-likeness (QED) is 0.227. The first-order valence-electron chi connectivity index (χ1n) is 12.0. The van der Waals surface area contributed by atoms with Crippen molar-refractivity contribution in [2.45, 2.75) is 121 Å². The van der Waals surface area contributed by atoms with Crippen LogP contribution in [-0.2, 0) is 9.47 Å². The van der Waals surface area contributed by atoms with Crippen molar-refractivity contribution in [1.29, 1.82) is 0 Å². The Morgan fingerprint density at radius 2 is 1.31 bits per heavy atom. The average molecular weight is 415 g/mol. The molecule has 0 aromatic rings. The molecular formula is C24H46O5. The molecule has 1 rings (SSSR count). The summed E-state index contributed by atoms with van der Waals surface area (Å²) in [5.41, 5.74) is 0. The van der Waals surface area contributed by atoms with Crippen molar-refractivity contribution in [2.75, 3.05) is 19.8 Å². The number of aliphatic hydroxyl groups excluding tert-OH is 3. The lowest BCUT2D eigenvalue weighted by Crippen LogP contribution is -2.54. The van der Waals surface area contributed by atoms with E-state index >= 15 is 0 Å². The number of aliphatic hydroxyl groups is 3. The molecule has 3 N–H and O–H groups in total. The summed E-state index contributed by atoms with van der Waals surface area (Å²) in [4.78, 5) is 0. The van der Waals surface area contributed by atoms with Gasteiger partial charge in [0, 0.05) is 6.61 Å². The minimum absolute atomic E-state index is 0.0405. The van der Waals surface area contributed by atoms with Crippen molar-refractivity contribution in [1.82, 2.24) is 0 Å². The molecule has 0 spiro atoms. The lowest BCUT2D eigenvalue weighted by Gasteiger charge is -2.35. The van der Waals surface area contributed by atoms with Gasteiger partial charge in [-0.25, -0.2) is 0 Å². The Kier molecular flexibility index (Phi) is 16.8. The fraction of sp³-hybridized carbons (Fsp3) is 0.917. The first kappa shape index (κ1) is 26.6. The molecule has 29 heavy (non-hydrogen) atoms. The standard InChI is InChI=1S/C24H46O5/c1-2-3-4-5-6-7-8-9-10-11-12-13-14-15-16-17-18-28-20-22-24(27)23(26)21(25)19-29-22/h11-12,21-27H,2-10,13-20H2,1H3/b12-11+/t21-,22+,23+,24+/m1/s1. The molecule has 0 radical (unpaired) electrons. The summed E-state index contributed by atoms with van der Waals surface area (Å²) < 4.78 is 10.9. The van der Waals surface area contributed by atoms with Crippen LogP contribution in [0.1, 0.15) is 96.8 Å². The van der Waals surface area contributed by atoms with Crippen LogP contribution in [-0.4, -0.2) is 59.6 Å². The Balaban J connectivity index is 1.80. The molecule has 0 amide bonds. The van der Waals surface area contributed by atoms with E-state index in [1.54, 1.807) is 0 Å². The molecule has 1 saturated heterocycles. The van der Waals surface area contributed by atoms with Gasteiger partial charge in [-0.1, -0.05) is 76.9 Å². The highest BCUT2D eigenvalue weighted by Crippen LogP contribution is 2.16. The van der Waals surface area contributed by atoms with E-state index in [9.17, 15) is 15.3 Å². The van der Waals surface area contributed by atoms with Gasteiger partial charge in [0.1, 0.15) is 24.4 Å². The Morgan fingerprint density at radius 3 is 1.93 bits per heavy atom. The molecule has 0 bridgehead atoms. The average Bonchev–Trinajstić information content (AvgIpc) is 2.72. The van der Waals surface area contributed by atoms with E-state index in [1.165, 1.54) is 77.0 Å². The normalized spacial score (nSPS) is 25.1. The molecule has 1 heterocycles. The SMILES string of the molecule is CCCCCCCCCC/C=C/CCCCCCOC[C@@H]1OC[C@@H](O)[C@H](O)[C@H]1O. The fourth-order valence-electron chi connectivity index (χ4n) is 3.66. The fourth-order valence-corrected chi connectivity index (χ4v) is 3.66. The topological polar surface area (TPSA) is 79.2 Å². The zero-order chi connectivity index (χ0) is 21.2. The number of unbranched alkanes of at least 4 members (excludes halogenated alkanes) is 12. The molecule has 172 valence electrons. The highest BCUT2D eigenvalue weighted by Gasteiger charge is 2.37. The van der Waals surface area contributed by atoms with Crippen molar-refractivity contribution in [2.24, 2.45) is 0 Å². The first-order valence-corrected chi connectivity index (χ1v) is 12.0. The Morgan fingerprint density at radius 1 is 0.759 bits per heavy atom. The second-order valence-corrected chi connectivity index (χ2v) is 8.43. The molecule has 5 nitrogen and oxygen atoms in total. The molecule has 4 atom stereocenters. The van der Waals surface area contributed by atoms with Crippen molar-refractivity contribution >= 4 is 0 Å². The minimum Gasteiger partial charge on any atom is -0.388 e. The molecular weight excluding hydrogens is 368 g/mol. The second kappa shape index (κ2) is 18.3. The molecule has 1 fully saturated rings. The van der Waals surface area contributed by atoms with Gasteiger partial charge in [-0.2, -0.15) is 0 Å². The summed E-state index contributed by atoms with van der Waals surface area (Å²) in [6.45, 7) is 3.20. The van der Waals surface area contributed by atoms with Gasteiger partial charge in [-0.3, -0.25) is 0 Å². The van der Waals surface area contributed by atoms with Gasteiger partial charge in [0.05, 0.1) is 13.2 Å². The van der Waals surface area contributed by atoms with E-state index in [4.69, 9.17) is 9.47 Å². The predicted molar refractivity (Wildman–Crippen MR) is 118 cm³/mol. The van der Waals surface area contributed by atoms with Crippen molar-refractivity contribution < 1.29 is 24.8 Å². The van der Waals surface area contributed by atoms with E-state index < -0.39 is 24.4 Å². The summed E-state index contributed by atoms with van der Waals surface area (Å²) >= 11 is 0. The third kappa shape index (κ3) is 13.5. The van der Waals surface area contributed by atoms with Gasteiger partial charge in [-0.05, 0) is 32.1 Å². The summed E-state index contributed by atoms with van der Waals surface area (Å²) in [6, 6.07) is 0. The lowest BCUT2D eigenvalue weighted by atomic mass is 10.0. The number of ether oxygens (including phenoxy) is 2. The van der Waals surface area contributed by atoms with E-state index in [-0.39, 0.29) is 13.2 Å². The summed E-state index contributed by atoms with van der Waals surface area (Å²) in [5, 5.41) is 28.9. The summed E-state index contributed by atoms with van der Waals surface area (Å²) in [5.74, 6) is 0. The molecule has 1 aliphatic rings. The van der Waals surface area contributed by atoms with E-state index in [0.29, 0.717) is 6.61 Å². The maximum absolute atomic E-state index is 9.83. The Labute approximate surface area is 178 Å². The smallest absolute Gasteiger partial charge is 0.111 e. The number of rotatable bonds is 18. The van der Waals surface area contributed by atoms with Crippen LogP contribution in [0.2, 0.25) is 0 Å². The molecule has 0 aromatic heterocycles. The predicted octanol–water partition coefficient (Wildman–Crippen LogP) is 4.52. The number of hydrogen-bond donors (Lipinski definition) is 3. The highest BCUT2D eigenvalue weighted by molar-refractivity contribution is 4.86. The van der Waals surface area contributed by atoms with Gasteiger partial charge in [-0.15, -0.1) is 0 Å². The zero-order valence-electron chi connectivity index (χ0n) is 18.6. The Bertz CT molecular complexity index is 387. The maximum atomic E-state index is 9.83. The zero-order valence-corrected chi connectivity index (χ0v) is 18.6. The van der Waals surface area contributed by atoms with Crippen LogP contribution >= 0.6 is 0 Å². The molecule has 1 aliphatic heterocycles. The van der Waals surface area contributed by atoms with Crippen LogP contribution in [0.4, 0.5) is 0 Å². The van der Waals surface area contributed by atoms with Crippen LogP contribution in [0, 0.1) is 0 Å². The third-order valence-corrected chi connectivity index (χ3v) is 5.69. The van der Waals surface area contributed by atoms with Crippen LogP contribution in [0.15, 0.2) is 12.2 Å². The molecule has 0 aliphatic carbocycles. The van der Waals surface area contributed by atoms with E-state index in [2.05, 4.69) is 19.1 Å². The third-order valence-electron chi connectivity index (χ3n) is 5.69. The maximum Gasteiger partial charge on any atom is 0.111 e. The van der Waals surface area contributed by atoms with Crippen LogP contribution in [0.25, 0.3) is 0 Å². The molecule has 0 unspecified atom stereocenters. The van der Waals surface area contributed by atoms with Gasteiger partial charge >= 0.3 is 0 Å². The monoisotopic (exact) mass is 414 g/mol. The van der Waals surface area contributed by atoms with Gasteiger partial charge in [0.2, 0.25) is 0 Å². The number of allylic oxidation sites excluding steroid dienone is 2. The lowest BCUT2D eigenvalue weighted by molar-refractivity contribution is -0.199. The second-order valence-electron chi connectivity index (χ2n) is 8.43. The number of hydrogen-bond acceptors (Lipinski definition) is 5. The summed E-state index contributed by atoms with van der Waals surface area (Å²) in [7, 11) is 0. The summed E-state index contributed by atoms with van der Waals surface area (Å²) in [6.07, 6.45) is 18.9. The molecule has 5 heteroatoms. The van der Waals surface area contributed by atoms with Crippen LogP contribution in [0.3, 0.4) is 0 Å². The van der Waals surface area contributed by atoms with E-state index in [0.717, 1.165) is 12.8 Å². The van der Waals surface area contributed by atoms with Gasteiger partial charge in [0.15, 0.2) is 0 Å². The minimum atomic E-state index is -1.15. The van der Waals surface area contributed by atoms with Crippen molar-refractivity contribution in [3.63, 3.8) is 0 Å². The largest absolute Gasteiger partial charge is 0.388 e. The Hall–Kier alpha value is -0.460. The van der Waals surface area contributed by atoms with Crippen molar-refractivity contribution in [3.05, 3.63) is 12.2 Å². The van der Waals surface area contributed by atoms with Gasteiger partial charge < -0.3 is 24.8 Å². The van der Waals surface area contributed by atoms with Crippen LogP contribution in [0.5, 0.6) is 0 Å². The molecule has 0 aromatic carbocycles.